The summed E-state index contributed by atoms with van der Waals surface area (Å²) in [6.07, 6.45) is 5.34. The smallest absolute Gasteiger partial charge is 0.227 e. The Morgan fingerprint density at radius 2 is 1.86 bits per heavy atom. The Morgan fingerprint density at radius 1 is 1.09 bits per heavy atom. The predicted octanol–water partition coefficient (Wildman–Crippen LogP) is 3.40. The summed E-state index contributed by atoms with van der Waals surface area (Å²) < 4.78 is 19.4. The van der Waals surface area contributed by atoms with Gasteiger partial charge in [0.1, 0.15) is 12.1 Å². The number of anilines is 2. The fourth-order valence-electron chi connectivity index (χ4n) is 4.80. The number of hydrogen-bond acceptors (Lipinski definition) is 8. The molecule has 35 heavy (non-hydrogen) atoms. The van der Waals surface area contributed by atoms with Crippen molar-refractivity contribution in [2.75, 3.05) is 42.6 Å². The van der Waals surface area contributed by atoms with Crippen molar-refractivity contribution in [2.45, 2.75) is 12.5 Å². The van der Waals surface area contributed by atoms with E-state index in [0.29, 0.717) is 37.2 Å². The van der Waals surface area contributed by atoms with Gasteiger partial charge in [-0.1, -0.05) is 11.6 Å². The number of nitrogens with one attached hydrogen (secondary N) is 1. The number of fused-ring (bicyclic) bond motifs is 3. The van der Waals surface area contributed by atoms with Crippen molar-refractivity contribution in [3.8, 4) is 6.07 Å². The van der Waals surface area contributed by atoms with Gasteiger partial charge in [-0.15, -0.1) is 0 Å². The van der Waals surface area contributed by atoms with Crippen LogP contribution < -0.4 is 9.80 Å². The normalized spacial score (nSPS) is 17.9. The van der Waals surface area contributed by atoms with E-state index >= 15 is 0 Å². The highest BCUT2D eigenvalue weighted by Crippen LogP contribution is 2.40. The van der Waals surface area contributed by atoms with Crippen LogP contribution in [0.5, 0.6) is 0 Å². The fraction of sp³-hybridized carbons (Fsp3) is 0.292. The zero-order chi connectivity index (χ0) is 23.9. The second-order valence-corrected chi connectivity index (χ2v) is 8.88. The van der Waals surface area contributed by atoms with Crippen molar-refractivity contribution in [2.24, 2.45) is 0 Å². The molecular weight excluding hydrogens is 471 g/mol. The molecular formula is C24H20ClFN8O. The molecule has 0 aliphatic carbocycles. The molecule has 11 heteroatoms. The second kappa shape index (κ2) is 8.76. The number of morpholine rings is 1. The van der Waals surface area contributed by atoms with Gasteiger partial charge in [0.25, 0.3) is 0 Å². The van der Waals surface area contributed by atoms with Crippen molar-refractivity contribution < 1.29 is 9.13 Å². The Kier molecular flexibility index (Phi) is 5.43. The number of benzene rings is 1. The summed E-state index contributed by atoms with van der Waals surface area (Å²) in [5.41, 5.74) is 3.59. The molecule has 9 nitrogen and oxygen atoms in total. The molecule has 0 bridgehead atoms. The summed E-state index contributed by atoms with van der Waals surface area (Å²) in [5.74, 6) is 0.171. The average molecular weight is 491 g/mol. The molecule has 176 valence electrons. The van der Waals surface area contributed by atoms with Crippen LogP contribution in [-0.4, -0.2) is 57.8 Å². The molecule has 0 radical (unpaired) electrons. The van der Waals surface area contributed by atoms with Crippen molar-refractivity contribution in [3.05, 3.63) is 70.1 Å². The number of H-pyrrole nitrogens is 1. The fourth-order valence-corrected chi connectivity index (χ4v) is 4.97. The Labute approximate surface area is 205 Å². The number of aromatic nitrogens is 5. The number of halogens is 2. The van der Waals surface area contributed by atoms with Crippen LogP contribution in [0.2, 0.25) is 5.02 Å². The van der Waals surface area contributed by atoms with Crippen LogP contribution >= 0.6 is 11.6 Å². The molecule has 0 amide bonds. The lowest BCUT2D eigenvalue weighted by Gasteiger charge is -2.36. The molecule has 3 aromatic heterocycles. The molecule has 1 fully saturated rings. The van der Waals surface area contributed by atoms with Crippen LogP contribution in [0, 0.1) is 17.1 Å². The lowest BCUT2D eigenvalue weighted by Crippen LogP contribution is -2.38. The maximum absolute atomic E-state index is 14.0. The topological polar surface area (TPSA) is 107 Å². The molecule has 1 atom stereocenters. The SMILES string of the molecule is N#Cc1nc(N2CCc3c([nH]c4ccc(Cl)cc34)[C@@H]2c2cnc(N3CCOCC3)nc2)ncc1F. The summed E-state index contributed by atoms with van der Waals surface area (Å²) in [6, 6.07) is 7.21. The van der Waals surface area contributed by atoms with Crippen LogP contribution in [0.1, 0.15) is 28.6 Å². The molecule has 4 aromatic rings. The minimum absolute atomic E-state index is 0.271. The minimum atomic E-state index is -0.746. The van der Waals surface area contributed by atoms with E-state index in [1.807, 2.05) is 23.1 Å². The van der Waals surface area contributed by atoms with E-state index in [4.69, 9.17) is 16.3 Å². The number of nitriles is 1. The van der Waals surface area contributed by atoms with Gasteiger partial charge >= 0.3 is 0 Å². The van der Waals surface area contributed by atoms with Gasteiger partial charge in [-0.2, -0.15) is 10.2 Å². The van der Waals surface area contributed by atoms with Gasteiger partial charge in [0.15, 0.2) is 11.5 Å². The van der Waals surface area contributed by atoms with Gasteiger partial charge in [-0.05, 0) is 30.2 Å². The van der Waals surface area contributed by atoms with Crippen molar-refractivity contribution >= 4 is 34.4 Å². The van der Waals surface area contributed by atoms with Gasteiger partial charge in [0.2, 0.25) is 11.9 Å². The van der Waals surface area contributed by atoms with Crippen molar-refractivity contribution in [3.63, 3.8) is 0 Å². The van der Waals surface area contributed by atoms with Crippen LogP contribution in [-0.2, 0) is 11.2 Å². The Hall–Kier alpha value is -3.81. The molecule has 0 spiro atoms. The summed E-state index contributed by atoms with van der Waals surface area (Å²) in [5, 5.41) is 11.0. The van der Waals surface area contributed by atoms with Crippen molar-refractivity contribution in [1.29, 1.82) is 5.26 Å². The molecule has 1 saturated heterocycles. The highest BCUT2D eigenvalue weighted by Gasteiger charge is 2.34. The first-order valence-electron chi connectivity index (χ1n) is 11.3. The third kappa shape index (κ3) is 3.83. The molecule has 0 unspecified atom stereocenters. The van der Waals surface area contributed by atoms with Crippen LogP contribution in [0.4, 0.5) is 16.3 Å². The summed E-state index contributed by atoms with van der Waals surface area (Å²) in [7, 11) is 0. The monoisotopic (exact) mass is 490 g/mol. The maximum atomic E-state index is 14.0. The summed E-state index contributed by atoms with van der Waals surface area (Å²) >= 11 is 6.29. The Morgan fingerprint density at radius 3 is 2.63 bits per heavy atom. The first-order chi connectivity index (χ1) is 17.1. The largest absolute Gasteiger partial charge is 0.378 e. The molecule has 6 rings (SSSR count). The quantitative estimate of drug-likeness (QED) is 0.465. The van der Waals surface area contributed by atoms with Gasteiger partial charge in [0, 0.05) is 59.2 Å². The molecule has 1 N–H and O–H groups in total. The summed E-state index contributed by atoms with van der Waals surface area (Å²) in [6.45, 7) is 3.32. The lowest BCUT2D eigenvalue weighted by molar-refractivity contribution is 0.122. The first kappa shape index (κ1) is 21.7. The molecule has 2 aliphatic heterocycles. The Bertz CT molecular complexity index is 1440. The third-order valence-corrected chi connectivity index (χ3v) is 6.69. The Balaban J connectivity index is 1.46. The maximum Gasteiger partial charge on any atom is 0.227 e. The van der Waals surface area contributed by atoms with Gasteiger partial charge in [-0.3, -0.25) is 0 Å². The number of nitrogens with zero attached hydrogens (tertiary/aromatic N) is 7. The first-order valence-corrected chi connectivity index (χ1v) is 11.6. The van der Waals surface area contributed by atoms with Gasteiger partial charge in [0.05, 0.1) is 19.4 Å². The zero-order valence-corrected chi connectivity index (χ0v) is 19.3. The number of aromatic amines is 1. The van der Waals surface area contributed by atoms with Gasteiger partial charge in [-0.25, -0.2) is 19.3 Å². The van der Waals surface area contributed by atoms with E-state index in [1.165, 1.54) is 0 Å². The number of ether oxygens (including phenoxy) is 1. The predicted molar refractivity (Wildman–Crippen MR) is 128 cm³/mol. The molecule has 2 aliphatic rings. The van der Waals surface area contributed by atoms with Crippen LogP contribution in [0.3, 0.4) is 0 Å². The van der Waals surface area contributed by atoms with E-state index in [1.54, 1.807) is 18.5 Å². The minimum Gasteiger partial charge on any atom is -0.378 e. The van der Waals surface area contributed by atoms with Crippen LogP contribution in [0.25, 0.3) is 10.9 Å². The van der Waals surface area contributed by atoms with Gasteiger partial charge < -0.3 is 19.5 Å². The average Bonchev–Trinajstić information content (AvgIpc) is 3.27. The number of hydrogen-bond donors (Lipinski definition) is 1. The van der Waals surface area contributed by atoms with E-state index in [9.17, 15) is 9.65 Å². The van der Waals surface area contributed by atoms with E-state index in [-0.39, 0.29) is 17.7 Å². The lowest BCUT2D eigenvalue weighted by atomic mass is 9.94. The van der Waals surface area contributed by atoms with Crippen LogP contribution in [0.15, 0.2) is 36.8 Å². The third-order valence-electron chi connectivity index (χ3n) is 6.45. The number of rotatable bonds is 3. The van der Waals surface area contributed by atoms with Crippen molar-refractivity contribution in [1.82, 2.24) is 24.9 Å². The van der Waals surface area contributed by atoms with E-state index in [0.717, 1.165) is 47.0 Å². The highest BCUT2D eigenvalue weighted by atomic mass is 35.5. The van der Waals surface area contributed by atoms with E-state index in [2.05, 4.69) is 29.8 Å². The van der Waals surface area contributed by atoms with E-state index < -0.39 is 5.82 Å². The zero-order valence-electron chi connectivity index (χ0n) is 18.6. The molecule has 0 saturated carbocycles. The summed E-state index contributed by atoms with van der Waals surface area (Å²) in [4.78, 5) is 25.3. The highest BCUT2D eigenvalue weighted by molar-refractivity contribution is 6.31. The standard InChI is InChI=1S/C24H20ClFN8O/c25-15-1-2-19-17(9-15)16-3-4-34(24-30-13-18(26)20(10-27)32-24)22(21(16)31-19)14-11-28-23(29-12-14)33-5-7-35-8-6-33/h1-2,9,11-13,22,31H,3-8H2/t22-/m0/s1. The molecule has 5 heterocycles. The molecule has 1 aromatic carbocycles. The second-order valence-electron chi connectivity index (χ2n) is 8.45.